The third kappa shape index (κ3) is 6.07. The van der Waals surface area contributed by atoms with Crippen LogP contribution in [0.15, 0.2) is 34.9 Å². The minimum absolute atomic E-state index is 0.234. The van der Waals surface area contributed by atoms with Crippen molar-refractivity contribution in [2.75, 3.05) is 26.8 Å². The monoisotopic (exact) mass is 504 g/mol. The molecule has 4 rings (SSSR count). The van der Waals surface area contributed by atoms with Gasteiger partial charge in [-0.15, -0.1) is 0 Å². The Kier molecular flexibility index (Phi) is 9.04. The summed E-state index contributed by atoms with van der Waals surface area (Å²) in [4.78, 5) is 14.4. The van der Waals surface area contributed by atoms with Gasteiger partial charge in [-0.2, -0.15) is 0 Å². The highest BCUT2D eigenvalue weighted by Gasteiger charge is 2.26. The number of aldehydes is 1. The topological polar surface area (TPSA) is 64.8 Å². The second-order valence-corrected chi connectivity index (χ2v) is 10.3. The first-order valence-electron chi connectivity index (χ1n) is 13.7. The minimum atomic E-state index is 0.234. The van der Waals surface area contributed by atoms with Crippen molar-refractivity contribution < 1.29 is 18.8 Å². The molecule has 0 saturated heterocycles. The van der Waals surface area contributed by atoms with E-state index >= 15 is 0 Å². The molecule has 0 saturated carbocycles. The van der Waals surface area contributed by atoms with Crippen molar-refractivity contribution in [3.63, 3.8) is 0 Å². The van der Waals surface area contributed by atoms with E-state index in [1.54, 1.807) is 0 Å². The lowest BCUT2D eigenvalue weighted by molar-refractivity contribution is 0.111. The lowest BCUT2D eigenvalue weighted by Gasteiger charge is -2.25. The molecule has 2 aromatic carbocycles. The molecule has 0 radical (unpaired) electrons. The highest BCUT2D eigenvalue weighted by Crippen LogP contribution is 2.44. The number of aromatic nitrogens is 1. The van der Waals surface area contributed by atoms with E-state index in [4.69, 9.17) is 14.0 Å². The van der Waals surface area contributed by atoms with Crippen LogP contribution in [0.3, 0.4) is 0 Å². The molecule has 0 unspecified atom stereocenters. The summed E-state index contributed by atoms with van der Waals surface area (Å²) in [6, 6.07) is 10.5. The Morgan fingerprint density at radius 3 is 2.43 bits per heavy atom. The Labute approximate surface area is 220 Å². The molecule has 1 aliphatic heterocycles. The lowest BCUT2D eigenvalue weighted by atomic mass is 9.91. The second kappa shape index (κ2) is 12.4. The number of nitrogens with zero attached hydrogens (tertiary/aromatic N) is 2. The predicted octanol–water partition coefficient (Wildman–Crippen LogP) is 7.29. The van der Waals surface area contributed by atoms with Crippen molar-refractivity contribution in [1.82, 2.24) is 10.1 Å². The summed E-state index contributed by atoms with van der Waals surface area (Å²) in [7, 11) is 2.14. The highest BCUT2D eigenvalue weighted by molar-refractivity contribution is 5.93. The number of likely N-dealkylation sites (N-methyl/N-ethyl adjacent to an activating group) is 1. The first kappa shape index (κ1) is 26.9. The molecule has 1 aliphatic rings. The number of benzene rings is 2. The fraction of sp³-hybridized carbons (Fsp3) is 0.484. The zero-order valence-corrected chi connectivity index (χ0v) is 22.9. The Hall–Kier alpha value is -3.12. The smallest absolute Gasteiger partial charge is 0.179 e. The van der Waals surface area contributed by atoms with E-state index in [2.05, 4.69) is 69.1 Å². The average Bonchev–Trinajstić information content (AvgIpc) is 3.32. The average molecular weight is 505 g/mol. The molecule has 0 spiro atoms. The van der Waals surface area contributed by atoms with Crippen LogP contribution >= 0.6 is 0 Å². The van der Waals surface area contributed by atoms with Crippen LogP contribution in [-0.4, -0.2) is 43.1 Å². The van der Waals surface area contributed by atoms with Crippen molar-refractivity contribution in [3.05, 3.63) is 52.7 Å². The van der Waals surface area contributed by atoms with E-state index in [-0.39, 0.29) is 5.92 Å². The third-order valence-electron chi connectivity index (χ3n) is 7.02. The van der Waals surface area contributed by atoms with Gasteiger partial charge in [-0.05, 0) is 60.5 Å². The van der Waals surface area contributed by atoms with E-state index in [1.807, 2.05) is 6.07 Å². The largest absolute Gasteiger partial charge is 0.493 e. The number of rotatable bonds is 12. The van der Waals surface area contributed by atoms with Crippen LogP contribution in [0.1, 0.15) is 86.5 Å². The Morgan fingerprint density at radius 2 is 1.76 bits per heavy atom. The van der Waals surface area contributed by atoms with Crippen LogP contribution in [0.2, 0.25) is 0 Å². The zero-order chi connectivity index (χ0) is 26.4. The SMILES string of the molecule is CCCCOc1cc(OCCCC)c(C(C)C)cc1-c1onc(C=O)c1-c1ccc2c(c1)CCN(C)C2. The Bertz CT molecular complexity index is 1210. The van der Waals surface area contributed by atoms with Gasteiger partial charge < -0.3 is 18.9 Å². The van der Waals surface area contributed by atoms with Gasteiger partial charge in [0.25, 0.3) is 0 Å². The van der Waals surface area contributed by atoms with E-state index in [9.17, 15) is 4.79 Å². The zero-order valence-electron chi connectivity index (χ0n) is 22.9. The Balaban J connectivity index is 1.84. The molecular weight excluding hydrogens is 464 g/mol. The van der Waals surface area contributed by atoms with Gasteiger partial charge in [-0.1, -0.05) is 63.9 Å². The van der Waals surface area contributed by atoms with Gasteiger partial charge in [0.2, 0.25) is 0 Å². The van der Waals surface area contributed by atoms with Crippen molar-refractivity contribution in [2.24, 2.45) is 0 Å². The van der Waals surface area contributed by atoms with Gasteiger partial charge in [0.1, 0.15) is 11.5 Å². The van der Waals surface area contributed by atoms with Gasteiger partial charge in [-0.25, -0.2) is 0 Å². The van der Waals surface area contributed by atoms with Gasteiger partial charge in [0.05, 0.1) is 24.3 Å². The van der Waals surface area contributed by atoms with Gasteiger partial charge in [0, 0.05) is 19.2 Å². The van der Waals surface area contributed by atoms with Crippen LogP contribution in [0, 0.1) is 0 Å². The molecule has 0 bridgehead atoms. The molecule has 0 N–H and O–H groups in total. The summed E-state index contributed by atoms with van der Waals surface area (Å²) >= 11 is 0. The van der Waals surface area contributed by atoms with Crippen LogP contribution in [0.5, 0.6) is 11.5 Å². The molecule has 3 aromatic rings. The number of hydrogen-bond donors (Lipinski definition) is 0. The maximum Gasteiger partial charge on any atom is 0.179 e. The quantitative estimate of drug-likeness (QED) is 0.191. The van der Waals surface area contributed by atoms with E-state index < -0.39 is 0 Å². The molecule has 0 fully saturated rings. The normalized spacial score (nSPS) is 13.6. The van der Waals surface area contributed by atoms with E-state index in [0.29, 0.717) is 36.0 Å². The fourth-order valence-electron chi connectivity index (χ4n) is 4.80. The molecule has 0 aliphatic carbocycles. The summed E-state index contributed by atoms with van der Waals surface area (Å²) in [6.07, 6.45) is 5.80. The first-order chi connectivity index (χ1) is 18.0. The molecule has 0 atom stereocenters. The van der Waals surface area contributed by atoms with Crippen molar-refractivity contribution in [1.29, 1.82) is 0 Å². The number of carbonyl (C=O) groups is 1. The van der Waals surface area contributed by atoms with E-state index in [1.165, 1.54) is 11.1 Å². The highest BCUT2D eigenvalue weighted by atomic mass is 16.5. The summed E-state index contributed by atoms with van der Waals surface area (Å²) in [6.45, 7) is 11.8. The van der Waals surface area contributed by atoms with Crippen LogP contribution in [0.4, 0.5) is 0 Å². The molecule has 37 heavy (non-hydrogen) atoms. The summed E-state index contributed by atoms with van der Waals surface area (Å²) < 4.78 is 18.4. The molecule has 6 heteroatoms. The third-order valence-corrected chi connectivity index (χ3v) is 7.02. The lowest BCUT2D eigenvalue weighted by Crippen LogP contribution is -2.26. The summed E-state index contributed by atoms with van der Waals surface area (Å²) in [5.74, 6) is 2.33. The Morgan fingerprint density at radius 1 is 1.03 bits per heavy atom. The van der Waals surface area contributed by atoms with E-state index in [0.717, 1.165) is 73.9 Å². The van der Waals surface area contributed by atoms with Gasteiger partial charge >= 0.3 is 0 Å². The second-order valence-electron chi connectivity index (χ2n) is 10.3. The molecule has 198 valence electrons. The van der Waals surface area contributed by atoms with Crippen molar-refractivity contribution in [3.8, 4) is 33.9 Å². The fourth-order valence-corrected chi connectivity index (χ4v) is 4.80. The predicted molar refractivity (Wildman–Crippen MR) is 148 cm³/mol. The molecule has 6 nitrogen and oxygen atoms in total. The maximum absolute atomic E-state index is 12.1. The number of unbranched alkanes of at least 4 members (excludes halogenated alkanes) is 2. The number of fused-ring (bicyclic) bond motifs is 1. The van der Waals surface area contributed by atoms with Crippen molar-refractivity contribution >= 4 is 6.29 Å². The molecule has 1 aromatic heterocycles. The van der Waals surface area contributed by atoms with Gasteiger partial charge in [0.15, 0.2) is 17.7 Å². The number of ether oxygens (including phenoxy) is 2. The molecule has 0 amide bonds. The van der Waals surface area contributed by atoms with Crippen molar-refractivity contribution in [2.45, 2.75) is 72.3 Å². The first-order valence-corrected chi connectivity index (χ1v) is 13.7. The number of hydrogen-bond acceptors (Lipinski definition) is 6. The maximum atomic E-state index is 12.1. The van der Waals surface area contributed by atoms with Gasteiger partial charge in [-0.3, -0.25) is 4.79 Å². The number of carbonyl (C=O) groups excluding carboxylic acids is 1. The summed E-state index contributed by atoms with van der Waals surface area (Å²) in [5, 5.41) is 4.17. The molecular formula is C31H40N2O4. The van der Waals surface area contributed by atoms with Crippen LogP contribution in [0.25, 0.3) is 22.5 Å². The standard InChI is InChI=1S/C31H40N2O4/c1-6-8-14-35-28-18-29(36-15-9-7-2)26(17-25(28)21(3)4)31-30(27(20-34)32-37-31)23-10-11-24-19-33(5)13-12-22(24)16-23/h10-11,16-18,20-21H,6-9,12-15,19H2,1-5H3. The minimum Gasteiger partial charge on any atom is -0.493 e. The van der Waals surface area contributed by atoms with Crippen LogP contribution in [-0.2, 0) is 13.0 Å². The molecule has 2 heterocycles. The summed E-state index contributed by atoms with van der Waals surface area (Å²) in [5.41, 5.74) is 6.47. The van der Waals surface area contributed by atoms with Crippen LogP contribution < -0.4 is 9.47 Å².